The summed E-state index contributed by atoms with van der Waals surface area (Å²) in [4.78, 5) is 20.2. The highest BCUT2D eigenvalue weighted by Crippen LogP contribution is 2.45. The van der Waals surface area contributed by atoms with E-state index in [2.05, 4.69) is 20.6 Å². The zero-order valence-corrected chi connectivity index (χ0v) is 18.5. The average molecular weight is 454 g/mol. The van der Waals surface area contributed by atoms with E-state index in [1.165, 1.54) is 12.3 Å². The molecular weight excluding hydrogens is 422 g/mol. The molecule has 1 heterocycles. The fourth-order valence-electron chi connectivity index (χ4n) is 3.61. The SMILES string of the molecule is C/C(=C\C=C\NC(=O)NCCO)c1nc(N)cc(C2(S(=O)(=O)CCCO)CCCC2)n1. The number of carbonyl (C=O) groups excluding carboxylic acids is 1. The lowest BCUT2D eigenvalue weighted by molar-refractivity contribution is 0.237. The number of rotatable bonds is 10. The predicted molar refractivity (Wildman–Crippen MR) is 118 cm³/mol. The van der Waals surface area contributed by atoms with Crippen LogP contribution in [0.15, 0.2) is 24.4 Å². The summed E-state index contributed by atoms with van der Waals surface area (Å²) in [7, 11) is -3.55. The molecule has 0 saturated heterocycles. The Bertz CT molecular complexity index is 924. The molecule has 1 saturated carbocycles. The summed E-state index contributed by atoms with van der Waals surface area (Å²) in [6.45, 7) is 1.57. The van der Waals surface area contributed by atoms with E-state index >= 15 is 0 Å². The number of hydrogen-bond acceptors (Lipinski definition) is 8. The first-order chi connectivity index (χ1) is 14.8. The van der Waals surface area contributed by atoms with Gasteiger partial charge in [0.15, 0.2) is 15.7 Å². The van der Waals surface area contributed by atoms with Crippen molar-refractivity contribution in [2.45, 2.75) is 43.8 Å². The average Bonchev–Trinajstić information content (AvgIpc) is 3.25. The van der Waals surface area contributed by atoms with Gasteiger partial charge >= 0.3 is 6.03 Å². The topological polar surface area (TPSA) is 168 Å². The second-order valence-corrected chi connectivity index (χ2v) is 9.85. The number of aliphatic hydroxyl groups excluding tert-OH is 2. The molecule has 0 aromatic carbocycles. The summed E-state index contributed by atoms with van der Waals surface area (Å²) in [5.41, 5.74) is 7.03. The second-order valence-electron chi connectivity index (χ2n) is 7.43. The number of nitrogens with zero attached hydrogens (tertiary/aromatic N) is 2. The van der Waals surface area contributed by atoms with Gasteiger partial charge in [-0.2, -0.15) is 0 Å². The molecule has 1 aliphatic rings. The number of carbonyl (C=O) groups is 1. The molecule has 0 atom stereocenters. The monoisotopic (exact) mass is 453 g/mol. The van der Waals surface area contributed by atoms with Crippen molar-refractivity contribution >= 4 is 27.3 Å². The maximum atomic E-state index is 13.2. The molecule has 11 heteroatoms. The summed E-state index contributed by atoms with van der Waals surface area (Å²) < 4.78 is 25.2. The molecule has 0 bridgehead atoms. The van der Waals surface area contributed by atoms with Gasteiger partial charge in [0.05, 0.1) is 18.1 Å². The lowest BCUT2D eigenvalue weighted by Gasteiger charge is -2.28. The summed E-state index contributed by atoms with van der Waals surface area (Å²) in [6.07, 6.45) is 7.34. The first-order valence-electron chi connectivity index (χ1n) is 10.2. The molecule has 31 heavy (non-hydrogen) atoms. The number of hydrogen-bond donors (Lipinski definition) is 5. The third-order valence-corrected chi connectivity index (χ3v) is 7.83. The van der Waals surface area contributed by atoms with E-state index in [-0.39, 0.29) is 37.8 Å². The summed E-state index contributed by atoms with van der Waals surface area (Å²) in [6, 6.07) is 1.08. The van der Waals surface area contributed by atoms with Crippen LogP contribution in [-0.4, -0.2) is 60.1 Å². The van der Waals surface area contributed by atoms with Crippen LogP contribution in [-0.2, 0) is 14.6 Å². The number of anilines is 1. The quantitative estimate of drug-likeness (QED) is 0.325. The number of aliphatic hydroxyl groups is 2. The van der Waals surface area contributed by atoms with Crippen molar-refractivity contribution in [1.29, 1.82) is 0 Å². The molecule has 1 aromatic heterocycles. The van der Waals surface area contributed by atoms with Gasteiger partial charge in [-0.15, -0.1) is 0 Å². The molecule has 0 radical (unpaired) electrons. The molecule has 1 fully saturated rings. The Hall–Kier alpha value is -2.50. The van der Waals surface area contributed by atoms with E-state index < -0.39 is 20.6 Å². The van der Waals surface area contributed by atoms with Crippen molar-refractivity contribution in [3.8, 4) is 0 Å². The van der Waals surface area contributed by atoms with Crippen LogP contribution in [0.2, 0.25) is 0 Å². The molecule has 6 N–H and O–H groups in total. The van der Waals surface area contributed by atoms with Gasteiger partial charge < -0.3 is 26.6 Å². The summed E-state index contributed by atoms with van der Waals surface area (Å²) >= 11 is 0. The van der Waals surface area contributed by atoms with Crippen molar-refractivity contribution in [2.75, 3.05) is 31.2 Å². The van der Waals surface area contributed by atoms with Crippen LogP contribution in [0.25, 0.3) is 5.57 Å². The van der Waals surface area contributed by atoms with Crippen molar-refractivity contribution < 1.29 is 23.4 Å². The Morgan fingerprint density at radius 1 is 1.26 bits per heavy atom. The number of nitrogen functional groups attached to an aromatic ring is 1. The highest BCUT2D eigenvalue weighted by Gasteiger charge is 2.48. The molecule has 10 nitrogen and oxygen atoms in total. The molecule has 1 aromatic rings. The molecule has 172 valence electrons. The molecule has 2 amide bonds. The molecular formula is C20H31N5O5S. The van der Waals surface area contributed by atoms with Gasteiger partial charge in [0.25, 0.3) is 0 Å². The molecule has 0 spiro atoms. The van der Waals surface area contributed by atoms with Crippen molar-refractivity contribution in [2.24, 2.45) is 0 Å². The van der Waals surface area contributed by atoms with E-state index in [0.29, 0.717) is 29.9 Å². The lowest BCUT2D eigenvalue weighted by atomic mass is 10.0. The second kappa shape index (κ2) is 11.2. The predicted octanol–water partition coefficient (Wildman–Crippen LogP) is 0.834. The fourth-order valence-corrected chi connectivity index (χ4v) is 5.84. The molecule has 2 rings (SSSR count). The highest BCUT2D eigenvalue weighted by atomic mass is 32.2. The Kier molecular flexibility index (Phi) is 8.96. The standard InChI is InChI=1S/C20H31N5O5S/c1-15(6-4-9-22-19(28)23-10-12-27)18-24-16(14-17(21)25-18)20(7-2-3-8-20)31(29,30)13-5-11-26/h4,6,9,14,26-27H,2-3,5,7-8,10-13H2,1H3,(H2,21,24,25)(H2,22,23,28)/b9-4+,15-6+. The van der Waals surface area contributed by atoms with Crippen molar-refractivity contribution in [1.82, 2.24) is 20.6 Å². The third kappa shape index (κ3) is 6.25. The number of allylic oxidation sites excluding steroid dienone is 3. The van der Waals surface area contributed by atoms with Crippen LogP contribution in [0.4, 0.5) is 10.6 Å². The van der Waals surface area contributed by atoms with E-state index in [4.69, 9.17) is 15.9 Å². The number of nitrogens with two attached hydrogens (primary N) is 1. The van der Waals surface area contributed by atoms with Gasteiger partial charge in [-0.25, -0.2) is 23.2 Å². The fraction of sp³-hybridized carbons (Fsp3) is 0.550. The van der Waals surface area contributed by atoms with E-state index in [0.717, 1.165) is 12.8 Å². The number of sulfone groups is 1. The molecule has 0 aliphatic heterocycles. The Balaban J connectivity index is 2.28. The number of urea groups is 1. The third-order valence-electron chi connectivity index (χ3n) is 5.20. The zero-order chi connectivity index (χ0) is 22.9. The zero-order valence-electron chi connectivity index (χ0n) is 17.7. The van der Waals surface area contributed by atoms with Crippen LogP contribution >= 0.6 is 0 Å². The van der Waals surface area contributed by atoms with Gasteiger partial charge in [-0.1, -0.05) is 18.9 Å². The van der Waals surface area contributed by atoms with Gasteiger partial charge in [0.2, 0.25) is 0 Å². The van der Waals surface area contributed by atoms with Crippen LogP contribution in [0.5, 0.6) is 0 Å². The first kappa shape index (κ1) is 24.8. The van der Waals surface area contributed by atoms with E-state index in [9.17, 15) is 13.2 Å². The summed E-state index contributed by atoms with van der Waals surface area (Å²) in [5.74, 6) is 0.388. The maximum absolute atomic E-state index is 13.2. The highest BCUT2D eigenvalue weighted by molar-refractivity contribution is 7.92. The first-order valence-corrected chi connectivity index (χ1v) is 11.9. The van der Waals surface area contributed by atoms with Crippen molar-refractivity contribution in [3.05, 3.63) is 35.9 Å². The number of aromatic nitrogens is 2. The lowest BCUT2D eigenvalue weighted by Crippen LogP contribution is -2.36. The molecule has 0 unspecified atom stereocenters. The minimum absolute atomic E-state index is 0.107. The summed E-state index contributed by atoms with van der Waals surface area (Å²) in [5, 5.41) is 22.7. The van der Waals surface area contributed by atoms with Gasteiger partial charge in [0, 0.05) is 25.4 Å². The smallest absolute Gasteiger partial charge is 0.318 e. The minimum Gasteiger partial charge on any atom is -0.396 e. The van der Waals surface area contributed by atoms with Crippen LogP contribution < -0.4 is 16.4 Å². The number of amides is 2. The molecule has 1 aliphatic carbocycles. The van der Waals surface area contributed by atoms with E-state index in [1.54, 1.807) is 19.1 Å². The maximum Gasteiger partial charge on any atom is 0.318 e. The van der Waals surface area contributed by atoms with E-state index in [1.807, 2.05) is 0 Å². The van der Waals surface area contributed by atoms with Gasteiger partial charge in [-0.3, -0.25) is 0 Å². The Morgan fingerprint density at radius 2 is 1.97 bits per heavy atom. The Labute approximate surface area is 182 Å². The van der Waals surface area contributed by atoms with Gasteiger partial charge in [0.1, 0.15) is 10.6 Å². The normalized spacial score (nSPS) is 16.5. The minimum atomic E-state index is -3.55. The van der Waals surface area contributed by atoms with Crippen LogP contribution in [0, 0.1) is 0 Å². The largest absolute Gasteiger partial charge is 0.396 e. The number of nitrogens with one attached hydrogen (secondary N) is 2. The van der Waals surface area contributed by atoms with Crippen molar-refractivity contribution in [3.63, 3.8) is 0 Å². The van der Waals surface area contributed by atoms with Crippen LogP contribution in [0.3, 0.4) is 0 Å². The van der Waals surface area contributed by atoms with Crippen LogP contribution in [0.1, 0.15) is 50.5 Å². The van der Waals surface area contributed by atoms with Gasteiger partial charge in [-0.05, 0) is 37.8 Å². The Morgan fingerprint density at radius 3 is 2.61 bits per heavy atom.